The molecule has 0 radical (unpaired) electrons. The van der Waals surface area contributed by atoms with E-state index >= 15 is 0 Å². The van der Waals surface area contributed by atoms with E-state index in [0.717, 1.165) is 13.0 Å². The molecule has 8 heteroatoms. The van der Waals surface area contributed by atoms with Gasteiger partial charge in [0, 0.05) is 13.0 Å². The van der Waals surface area contributed by atoms with Crippen LogP contribution in [0.2, 0.25) is 5.02 Å². The number of rotatable bonds is 8. The van der Waals surface area contributed by atoms with Gasteiger partial charge in [-0.3, -0.25) is 0 Å². The quantitative estimate of drug-likeness (QED) is 0.548. The summed E-state index contributed by atoms with van der Waals surface area (Å²) < 4.78 is 32.1. The molecule has 1 heterocycles. The van der Waals surface area contributed by atoms with Crippen molar-refractivity contribution >= 4 is 27.3 Å². The van der Waals surface area contributed by atoms with Crippen LogP contribution in [0, 0.1) is 0 Å². The summed E-state index contributed by atoms with van der Waals surface area (Å²) in [6, 6.07) is 15.2. The third-order valence-electron chi connectivity index (χ3n) is 4.15. The lowest BCUT2D eigenvalue weighted by Gasteiger charge is -2.08. The number of sulfone groups is 1. The Hall–Kier alpha value is -2.35. The number of halogens is 1. The average molecular weight is 421 g/mol. The van der Waals surface area contributed by atoms with Gasteiger partial charge in [-0.25, -0.2) is 8.42 Å². The van der Waals surface area contributed by atoms with Crippen LogP contribution in [0.4, 0.5) is 5.88 Å². The normalized spacial score (nSPS) is 11.7. The molecule has 3 rings (SSSR count). The van der Waals surface area contributed by atoms with Crippen molar-refractivity contribution in [3.05, 3.63) is 59.6 Å². The first kappa shape index (κ1) is 20.4. The second-order valence-electron chi connectivity index (χ2n) is 6.69. The van der Waals surface area contributed by atoms with E-state index < -0.39 is 9.84 Å². The number of nitrogens with zero attached hydrogens (tertiary/aromatic N) is 1. The van der Waals surface area contributed by atoms with Crippen molar-refractivity contribution in [2.24, 2.45) is 0 Å². The van der Waals surface area contributed by atoms with Crippen molar-refractivity contribution in [2.75, 3.05) is 32.5 Å². The molecule has 3 aromatic rings. The third kappa shape index (κ3) is 4.55. The summed E-state index contributed by atoms with van der Waals surface area (Å²) in [4.78, 5) is 5.77. The molecule has 148 valence electrons. The number of quaternary nitrogens is 1. The van der Waals surface area contributed by atoms with Crippen molar-refractivity contribution in [3.63, 3.8) is 0 Å². The van der Waals surface area contributed by atoms with Crippen LogP contribution in [0.5, 0.6) is 0 Å². The molecule has 2 N–H and O–H groups in total. The molecule has 0 unspecified atom stereocenters. The molecule has 0 saturated carbocycles. The Morgan fingerprint density at radius 3 is 2.43 bits per heavy atom. The van der Waals surface area contributed by atoms with E-state index in [1.807, 2.05) is 0 Å². The smallest absolute Gasteiger partial charge is 0.233 e. The first-order valence-corrected chi connectivity index (χ1v) is 10.8. The Morgan fingerprint density at radius 1 is 1.07 bits per heavy atom. The number of nitrogens with one attached hydrogen (secondary N) is 2. The van der Waals surface area contributed by atoms with Gasteiger partial charge in [-0.15, -0.1) is 0 Å². The lowest BCUT2D eigenvalue weighted by molar-refractivity contribution is -0.858. The Kier molecular flexibility index (Phi) is 6.39. The molecular weight excluding hydrogens is 398 g/mol. The number of hydrogen-bond acceptors (Lipinski definition) is 5. The predicted molar refractivity (Wildman–Crippen MR) is 110 cm³/mol. The van der Waals surface area contributed by atoms with Gasteiger partial charge in [0.2, 0.25) is 26.6 Å². The zero-order chi connectivity index (χ0) is 20.1. The van der Waals surface area contributed by atoms with Crippen LogP contribution in [-0.2, 0) is 9.84 Å². The minimum Gasteiger partial charge on any atom is -0.419 e. The van der Waals surface area contributed by atoms with E-state index in [1.165, 1.54) is 4.90 Å². The predicted octanol–water partition coefficient (Wildman–Crippen LogP) is 2.77. The van der Waals surface area contributed by atoms with Crippen LogP contribution in [0.1, 0.15) is 6.42 Å². The van der Waals surface area contributed by atoms with Gasteiger partial charge in [0.25, 0.3) is 0 Å². The molecule has 0 aliphatic rings. The van der Waals surface area contributed by atoms with E-state index in [1.54, 1.807) is 54.6 Å². The molecule has 28 heavy (non-hydrogen) atoms. The van der Waals surface area contributed by atoms with Gasteiger partial charge in [-0.1, -0.05) is 41.9 Å². The summed E-state index contributed by atoms with van der Waals surface area (Å²) in [5.41, 5.74) is 0.541. The molecule has 0 saturated heterocycles. The summed E-state index contributed by atoms with van der Waals surface area (Å²) in [7, 11) is 0.291. The number of aromatic nitrogens is 1. The Labute approximate surface area is 170 Å². The van der Waals surface area contributed by atoms with Crippen LogP contribution in [-0.4, -0.2) is 40.6 Å². The molecule has 1 aromatic heterocycles. The van der Waals surface area contributed by atoms with E-state index in [0.29, 0.717) is 17.1 Å². The van der Waals surface area contributed by atoms with Crippen LogP contribution < -0.4 is 10.2 Å². The van der Waals surface area contributed by atoms with Gasteiger partial charge in [-0.05, 0) is 24.3 Å². The van der Waals surface area contributed by atoms with Crippen molar-refractivity contribution in [1.29, 1.82) is 0 Å². The number of oxazole rings is 1. The SMILES string of the molecule is C[NH+](C)CCCNc1oc(-c2ccccc2Cl)nc1S(=O)(=O)c1ccccc1. The highest BCUT2D eigenvalue weighted by Gasteiger charge is 2.28. The summed E-state index contributed by atoms with van der Waals surface area (Å²) >= 11 is 6.24. The maximum absolute atomic E-state index is 13.1. The van der Waals surface area contributed by atoms with Crippen LogP contribution in [0.3, 0.4) is 0 Å². The largest absolute Gasteiger partial charge is 0.419 e. The molecule has 0 aliphatic carbocycles. The van der Waals surface area contributed by atoms with E-state index in [9.17, 15) is 8.42 Å². The zero-order valence-corrected chi connectivity index (χ0v) is 17.3. The lowest BCUT2D eigenvalue weighted by Crippen LogP contribution is -3.05. The van der Waals surface area contributed by atoms with Crippen LogP contribution >= 0.6 is 11.6 Å². The van der Waals surface area contributed by atoms with Crippen LogP contribution in [0.25, 0.3) is 11.5 Å². The highest BCUT2D eigenvalue weighted by atomic mass is 35.5. The zero-order valence-electron chi connectivity index (χ0n) is 15.8. The molecule has 0 spiro atoms. The topological polar surface area (TPSA) is 76.6 Å². The molecule has 0 aliphatic heterocycles. The minimum absolute atomic E-state index is 0.132. The monoisotopic (exact) mass is 420 g/mol. The van der Waals surface area contributed by atoms with Crippen LogP contribution in [0.15, 0.2) is 68.9 Å². The summed E-state index contributed by atoms with van der Waals surface area (Å²) in [5, 5.41) is 3.40. The summed E-state index contributed by atoms with van der Waals surface area (Å²) in [5.74, 6) is 0.299. The third-order valence-corrected chi connectivity index (χ3v) is 6.16. The molecular formula is C20H23ClN3O3S+. The molecule has 0 fully saturated rings. The fraction of sp³-hybridized carbons (Fsp3) is 0.250. The Bertz CT molecular complexity index is 1030. The maximum Gasteiger partial charge on any atom is 0.233 e. The lowest BCUT2D eigenvalue weighted by atomic mass is 10.2. The second kappa shape index (κ2) is 8.77. The highest BCUT2D eigenvalue weighted by molar-refractivity contribution is 7.91. The molecule has 2 aromatic carbocycles. The first-order valence-electron chi connectivity index (χ1n) is 8.98. The number of benzene rings is 2. The first-order chi connectivity index (χ1) is 13.4. The van der Waals surface area contributed by atoms with E-state index in [-0.39, 0.29) is 21.7 Å². The van der Waals surface area contributed by atoms with E-state index in [4.69, 9.17) is 16.0 Å². The molecule has 0 amide bonds. The van der Waals surface area contributed by atoms with Gasteiger partial charge < -0.3 is 14.6 Å². The Balaban J connectivity index is 2.00. The summed E-state index contributed by atoms with van der Waals surface area (Å²) in [6.45, 7) is 1.51. The molecule has 6 nitrogen and oxygen atoms in total. The van der Waals surface area contributed by atoms with Gasteiger partial charge >= 0.3 is 0 Å². The van der Waals surface area contributed by atoms with Crippen molar-refractivity contribution < 1.29 is 17.7 Å². The minimum atomic E-state index is -3.84. The fourth-order valence-electron chi connectivity index (χ4n) is 2.70. The Morgan fingerprint density at radius 2 is 1.75 bits per heavy atom. The van der Waals surface area contributed by atoms with Crippen molar-refractivity contribution in [2.45, 2.75) is 16.3 Å². The number of hydrogen-bond donors (Lipinski definition) is 2. The fourth-order valence-corrected chi connectivity index (χ4v) is 4.22. The summed E-state index contributed by atoms with van der Waals surface area (Å²) in [6.07, 6.45) is 0.856. The molecule has 0 atom stereocenters. The van der Waals surface area contributed by atoms with E-state index in [2.05, 4.69) is 24.4 Å². The standard InChI is InChI=1S/C20H22ClN3O3S/c1-24(2)14-8-13-22-19-20(28(25,26)15-9-4-3-5-10-15)23-18(27-19)16-11-6-7-12-17(16)21/h3-7,9-12,22H,8,13-14H2,1-2H3/p+1. The van der Waals surface area contributed by atoms with Crippen molar-refractivity contribution in [3.8, 4) is 11.5 Å². The van der Waals surface area contributed by atoms with Gasteiger partial charge in [0.05, 0.1) is 36.1 Å². The molecule has 0 bridgehead atoms. The average Bonchev–Trinajstić information content (AvgIpc) is 3.11. The number of anilines is 1. The highest BCUT2D eigenvalue weighted by Crippen LogP contribution is 2.34. The second-order valence-corrected chi connectivity index (χ2v) is 8.96. The van der Waals surface area contributed by atoms with Crippen molar-refractivity contribution in [1.82, 2.24) is 4.98 Å². The van der Waals surface area contributed by atoms with Gasteiger partial charge in [0.15, 0.2) is 0 Å². The van der Waals surface area contributed by atoms with Gasteiger partial charge in [0.1, 0.15) is 0 Å². The van der Waals surface area contributed by atoms with Gasteiger partial charge in [-0.2, -0.15) is 4.98 Å². The maximum atomic E-state index is 13.1.